The number of hydrogen-bond acceptors (Lipinski definition) is 4. The van der Waals surface area contributed by atoms with Crippen LogP contribution >= 0.6 is 11.3 Å². The van der Waals surface area contributed by atoms with Crippen LogP contribution < -0.4 is 0 Å². The molecule has 25 heavy (non-hydrogen) atoms. The highest BCUT2D eigenvalue weighted by atomic mass is 32.1. The summed E-state index contributed by atoms with van der Waals surface area (Å²) in [7, 11) is 0. The van der Waals surface area contributed by atoms with Crippen molar-refractivity contribution in [2.45, 2.75) is 64.3 Å². The predicted octanol–water partition coefficient (Wildman–Crippen LogP) is 3.25. The zero-order valence-electron chi connectivity index (χ0n) is 15.1. The van der Waals surface area contributed by atoms with Crippen molar-refractivity contribution < 1.29 is 4.79 Å². The van der Waals surface area contributed by atoms with Gasteiger partial charge < -0.3 is 4.90 Å². The van der Waals surface area contributed by atoms with E-state index in [0.717, 1.165) is 51.5 Å². The van der Waals surface area contributed by atoms with Crippen molar-refractivity contribution in [3.63, 3.8) is 0 Å². The molecule has 0 unspecified atom stereocenters. The van der Waals surface area contributed by atoms with Crippen molar-refractivity contribution in [2.24, 2.45) is 11.3 Å². The summed E-state index contributed by atoms with van der Waals surface area (Å²) in [6, 6.07) is 0. The molecule has 4 aliphatic rings. The fourth-order valence-electron chi connectivity index (χ4n) is 5.07. The lowest BCUT2D eigenvalue weighted by Crippen LogP contribution is -2.50. The Balaban J connectivity index is 1.25. The van der Waals surface area contributed by atoms with Crippen molar-refractivity contribution in [1.82, 2.24) is 14.8 Å². The van der Waals surface area contributed by atoms with E-state index in [2.05, 4.69) is 9.80 Å². The number of rotatable bonds is 4. The molecule has 0 bridgehead atoms. The summed E-state index contributed by atoms with van der Waals surface area (Å²) in [4.78, 5) is 24.3. The van der Waals surface area contributed by atoms with Gasteiger partial charge in [-0.3, -0.25) is 9.69 Å². The first kappa shape index (κ1) is 16.2. The zero-order valence-corrected chi connectivity index (χ0v) is 16.0. The predicted molar refractivity (Wildman–Crippen MR) is 99.6 cm³/mol. The maximum Gasteiger partial charge on any atom is 0.230 e. The quantitative estimate of drug-likeness (QED) is 0.828. The Morgan fingerprint density at radius 3 is 2.84 bits per heavy atom. The first-order chi connectivity index (χ1) is 12.2. The molecule has 2 saturated heterocycles. The van der Waals surface area contributed by atoms with Crippen molar-refractivity contribution in [2.75, 3.05) is 26.2 Å². The van der Waals surface area contributed by atoms with Gasteiger partial charge >= 0.3 is 0 Å². The molecule has 2 aliphatic carbocycles. The van der Waals surface area contributed by atoms with E-state index in [1.54, 1.807) is 0 Å². The molecule has 5 heteroatoms. The number of carbonyl (C=O) groups excluding carboxylic acids is 1. The van der Waals surface area contributed by atoms with Crippen LogP contribution in [0.4, 0.5) is 0 Å². The molecule has 1 saturated carbocycles. The van der Waals surface area contributed by atoms with Crippen LogP contribution in [0.1, 0.15) is 60.5 Å². The fourth-order valence-corrected chi connectivity index (χ4v) is 6.27. The van der Waals surface area contributed by atoms with Crippen LogP contribution in [0.25, 0.3) is 0 Å². The molecule has 0 aromatic carbocycles. The molecule has 0 N–H and O–H groups in total. The minimum atomic E-state index is -0.0793. The van der Waals surface area contributed by atoms with Gasteiger partial charge in [-0.2, -0.15) is 0 Å². The number of aromatic nitrogens is 1. The molecule has 1 aromatic heterocycles. The van der Waals surface area contributed by atoms with E-state index in [4.69, 9.17) is 4.98 Å². The third-order valence-electron chi connectivity index (χ3n) is 6.68. The summed E-state index contributed by atoms with van der Waals surface area (Å²) in [6.45, 7) is 5.00. The Labute approximate surface area is 154 Å². The van der Waals surface area contributed by atoms with Crippen molar-refractivity contribution in [1.29, 1.82) is 0 Å². The number of fused-ring (bicyclic) bond motifs is 1. The molecule has 3 fully saturated rings. The number of hydrogen-bond donors (Lipinski definition) is 0. The SMILES string of the molecule is O=C1N(CC2CC2)CCC[C@]12CCN(Cc1nc3c(s1)CCCC3)C2. The first-order valence-corrected chi connectivity index (χ1v) is 11.0. The van der Waals surface area contributed by atoms with E-state index in [9.17, 15) is 4.79 Å². The molecule has 1 atom stereocenters. The highest BCUT2D eigenvalue weighted by Gasteiger charge is 2.48. The normalized spacial score (nSPS) is 30.2. The maximum atomic E-state index is 13.2. The van der Waals surface area contributed by atoms with E-state index in [0.29, 0.717) is 5.91 Å². The number of piperidine rings is 1. The maximum absolute atomic E-state index is 13.2. The molecular weight excluding hydrogens is 330 g/mol. The number of likely N-dealkylation sites (tertiary alicyclic amines) is 2. The Kier molecular flexibility index (Phi) is 4.12. The number of thiazole rings is 1. The van der Waals surface area contributed by atoms with Crippen molar-refractivity contribution in [3.8, 4) is 0 Å². The molecule has 2 aliphatic heterocycles. The summed E-state index contributed by atoms with van der Waals surface area (Å²) in [5, 5.41) is 1.28. The molecular formula is C20H29N3OS. The van der Waals surface area contributed by atoms with Gasteiger partial charge in [0.25, 0.3) is 0 Å². The monoisotopic (exact) mass is 359 g/mol. The lowest BCUT2D eigenvalue weighted by molar-refractivity contribution is -0.145. The van der Waals surface area contributed by atoms with Gasteiger partial charge in [0.05, 0.1) is 17.7 Å². The van der Waals surface area contributed by atoms with Gasteiger partial charge in [-0.1, -0.05) is 0 Å². The first-order valence-electron chi connectivity index (χ1n) is 10.2. The number of nitrogens with zero attached hydrogens (tertiary/aromatic N) is 3. The van der Waals surface area contributed by atoms with Gasteiger partial charge in [0.1, 0.15) is 5.01 Å². The van der Waals surface area contributed by atoms with Crippen LogP contribution in [0.15, 0.2) is 0 Å². The third-order valence-corrected chi connectivity index (χ3v) is 7.82. The summed E-state index contributed by atoms with van der Waals surface area (Å²) in [6.07, 6.45) is 11.0. The Bertz CT molecular complexity index is 644. The van der Waals surface area contributed by atoms with Crippen LogP contribution in [0.3, 0.4) is 0 Å². The second kappa shape index (κ2) is 6.34. The second-order valence-corrected chi connectivity index (χ2v) is 9.89. The second-order valence-electron chi connectivity index (χ2n) is 8.72. The summed E-state index contributed by atoms with van der Waals surface area (Å²) in [5.41, 5.74) is 1.29. The minimum absolute atomic E-state index is 0.0793. The third kappa shape index (κ3) is 3.14. The summed E-state index contributed by atoms with van der Waals surface area (Å²) < 4.78 is 0. The van der Waals surface area contributed by atoms with Gasteiger partial charge in [0.15, 0.2) is 0 Å². The number of aryl methyl sites for hydroxylation is 2. The fraction of sp³-hybridized carbons (Fsp3) is 0.800. The molecule has 1 spiro atoms. The van der Waals surface area contributed by atoms with E-state index >= 15 is 0 Å². The highest BCUT2D eigenvalue weighted by molar-refractivity contribution is 7.11. The topological polar surface area (TPSA) is 36.4 Å². The van der Waals surface area contributed by atoms with Crippen LogP contribution in [-0.4, -0.2) is 46.9 Å². The largest absolute Gasteiger partial charge is 0.342 e. The van der Waals surface area contributed by atoms with Gasteiger partial charge in [-0.05, 0) is 70.3 Å². The van der Waals surface area contributed by atoms with E-state index < -0.39 is 0 Å². The summed E-state index contributed by atoms with van der Waals surface area (Å²) >= 11 is 1.93. The Morgan fingerprint density at radius 1 is 1.12 bits per heavy atom. The van der Waals surface area contributed by atoms with E-state index in [1.807, 2.05) is 11.3 Å². The average Bonchev–Trinajstić information content (AvgIpc) is 3.19. The lowest BCUT2D eigenvalue weighted by Gasteiger charge is -2.39. The van der Waals surface area contributed by atoms with Crippen LogP contribution in [0.5, 0.6) is 0 Å². The standard InChI is InChI=1S/C20H29N3OS/c24-19-20(8-3-10-23(19)12-15-6-7-15)9-11-22(14-20)13-18-21-16-4-1-2-5-17(16)25-18/h15H,1-14H2/t20-/m1/s1. The van der Waals surface area contributed by atoms with Gasteiger partial charge in [0.2, 0.25) is 5.91 Å². The molecule has 1 aromatic rings. The summed E-state index contributed by atoms with van der Waals surface area (Å²) in [5.74, 6) is 1.27. The average molecular weight is 360 g/mol. The highest BCUT2D eigenvalue weighted by Crippen LogP contribution is 2.42. The van der Waals surface area contributed by atoms with Gasteiger partial charge in [0, 0.05) is 24.5 Å². The van der Waals surface area contributed by atoms with Gasteiger partial charge in [-0.25, -0.2) is 4.98 Å². The van der Waals surface area contributed by atoms with E-state index in [-0.39, 0.29) is 5.41 Å². The van der Waals surface area contributed by atoms with Crippen molar-refractivity contribution in [3.05, 3.63) is 15.6 Å². The smallest absolute Gasteiger partial charge is 0.230 e. The Morgan fingerprint density at radius 2 is 2.00 bits per heavy atom. The van der Waals surface area contributed by atoms with E-state index in [1.165, 1.54) is 60.5 Å². The van der Waals surface area contributed by atoms with Crippen molar-refractivity contribution >= 4 is 17.2 Å². The zero-order chi connectivity index (χ0) is 16.9. The van der Waals surface area contributed by atoms with Crippen LogP contribution in [0.2, 0.25) is 0 Å². The minimum Gasteiger partial charge on any atom is -0.342 e. The Hall–Kier alpha value is -0.940. The number of amides is 1. The molecule has 1 amide bonds. The molecule has 136 valence electrons. The number of carbonyl (C=O) groups is 1. The molecule has 5 rings (SSSR count). The molecule has 3 heterocycles. The molecule has 4 nitrogen and oxygen atoms in total. The lowest BCUT2D eigenvalue weighted by atomic mass is 9.78. The van der Waals surface area contributed by atoms with Crippen LogP contribution in [0, 0.1) is 11.3 Å². The van der Waals surface area contributed by atoms with Gasteiger partial charge in [-0.15, -0.1) is 11.3 Å². The van der Waals surface area contributed by atoms with Crippen LogP contribution in [-0.2, 0) is 24.2 Å². The molecule has 0 radical (unpaired) electrons.